The Kier molecular flexibility index (Phi) is 5.70. The van der Waals surface area contributed by atoms with Crippen LogP contribution in [0.5, 0.6) is 0 Å². The number of rotatable bonds is 6. The normalized spacial score (nSPS) is 10.1. The number of likely N-dealkylation sites (N-methyl/N-ethyl adjacent to an activating group) is 1. The zero-order valence-electron chi connectivity index (χ0n) is 12.2. The van der Waals surface area contributed by atoms with E-state index >= 15 is 0 Å². The summed E-state index contributed by atoms with van der Waals surface area (Å²) in [4.78, 5) is 21.9. The minimum atomic E-state index is -0.0385. The Morgan fingerprint density at radius 3 is 2.19 bits per heavy atom. The van der Waals surface area contributed by atoms with Gasteiger partial charge in [-0.2, -0.15) is 0 Å². The van der Waals surface area contributed by atoms with Crippen LogP contribution in [-0.2, 0) is 13.0 Å². The number of nitrogens with one attached hydrogen (secondary N) is 1. The number of pyridine rings is 2. The van der Waals surface area contributed by atoms with Gasteiger partial charge in [0.2, 0.25) is 0 Å². The fraction of sp³-hybridized carbons (Fsp3) is 0.312. The van der Waals surface area contributed by atoms with Crippen molar-refractivity contribution in [3.8, 4) is 0 Å². The fourth-order valence-corrected chi connectivity index (χ4v) is 2.01. The van der Waals surface area contributed by atoms with Gasteiger partial charge in [0, 0.05) is 44.4 Å². The van der Waals surface area contributed by atoms with Crippen LogP contribution < -0.4 is 5.32 Å². The van der Waals surface area contributed by atoms with Crippen LogP contribution in [0.25, 0.3) is 0 Å². The summed E-state index contributed by atoms with van der Waals surface area (Å²) >= 11 is 0. The Balaban J connectivity index is 1.81. The standard InChI is InChI=1S/C16H20N4O/c1-2-20(12-7-14-3-8-17-9-4-14)16(21)19-13-15-5-10-18-11-6-15/h3-6,8-11H,2,7,12-13H2,1H3,(H,19,21). The van der Waals surface area contributed by atoms with Gasteiger partial charge in [0.05, 0.1) is 0 Å². The molecular formula is C16H20N4O. The summed E-state index contributed by atoms with van der Waals surface area (Å²) in [6.45, 7) is 3.89. The zero-order chi connectivity index (χ0) is 14.9. The molecular weight excluding hydrogens is 264 g/mol. The summed E-state index contributed by atoms with van der Waals surface area (Å²) in [5.74, 6) is 0. The van der Waals surface area contributed by atoms with Crippen molar-refractivity contribution in [2.75, 3.05) is 13.1 Å². The zero-order valence-corrected chi connectivity index (χ0v) is 12.2. The van der Waals surface area contributed by atoms with Crippen LogP contribution in [0.15, 0.2) is 49.1 Å². The van der Waals surface area contributed by atoms with Crippen LogP contribution in [0.3, 0.4) is 0 Å². The van der Waals surface area contributed by atoms with Gasteiger partial charge >= 0.3 is 6.03 Å². The average molecular weight is 284 g/mol. The van der Waals surface area contributed by atoms with Gasteiger partial charge in [0.15, 0.2) is 0 Å². The summed E-state index contributed by atoms with van der Waals surface area (Å²) in [7, 11) is 0. The number of hydrogen-bond acceptors (Lipinski definition) is 3. The summed E-state index contributed by atoms with van der Waals surface area (Å²) < 4.78 is 0. The minimum Gasteiger partial charge on any atom is -0.334 e. The molecule has 0 bridgehead atoms. The fourth-order valence-electron chi connectivity index (χ4n) is 2.01. The second kappa shape index (κ2) is 7.99. The third kappa shape index (κ3) is 4.87. The molecule has 21 heavy (non-hydrogen) atoms. The number of hydrogen-bond donors (Lipinski definition) is 1. The predicted molar refractivity (Wildman–Crippen MR) is 81.7 cm³/mol. The van der Waals surface area contributed by atoms with E-state index in [0.29, 0.717) is 19.6 Å². The van der Waals surface area contributed by atoms with E-state index in [-0.39, 0.29) is 6.03 Å². The van der Waals surface area contributed by atoms with Crippen LogP contribution in [0, 0.1) is 0 Å². The molecule has 0 aliphatic carbocycles. The van der Waals surface area contributed by atoms with Crippen molar-refractivity contribution in [2.24, 2.45) is 0 Å². The minimum absolute atomic E-state index is 0.0385. The number of nitrogens with zero attached hydrogens (tertiary/aromatic N) is 3. The van der Waals surface area contributed by atoms with E-state index in [0.717, 1.165) is 12.0 Å². The second-order valence-electron chi connectivity index (χ2n) is 4.70. The lowest BCUT2D eigenvalue weighted by molar-refractivity contribution is 0.200. The molecule has 0 atom stereocenters. The maximum atomic E-state index is 12.2. The SMILES string of the molecule is CCN(CCc1ccncc1)C(=O)NCc1ccncc1. The molecule has 2 aromatic rings. The molecule has 0 saturated heterocycles. The maximum Gasteiger partial charge on any atom is 0.317 e. The molecule has 0 saturated carbocycles. The summed E-state index contributed by atoms with van der Waals surface area (Å²) in [6, 6.07) is 7.70. The van der Waals surface area contributed by atoms with E-state index in [4.69, 9.17) is 0 Å². The van der Waals surface area contributed by atoms with Gasteiger partial charge in [-0.05, 0) is 48.7 Å². The monoisotopic (exact) mass is 284 g/mol. The molecule has 2 amide bonds. The number of urea groups is 1. The summed E-state index contributed by atoms with van der Waals surface area (Å²) in [5, 5.41) is 2.93. The van der Waals surface area contributed by atoms with E-state index in [1.54, 1.807) is 24.8 Å². The van der Waals surface area contributed by atoms with E-state index in [1.807, 2.05) is 36.1 Å². The van der Waals surface area contributed by atoms with Gasteiger partial charge in [-0.25, -0.2) is 4.79 Å². The van der Waals surface area contributed by atoms with E-state index in [9.17, 15) is 4.79 Å². The smallest absolute Gasteiger partial charge is 0.317 e. The van der Waals surface area contributed by atoms with Gasteiger partial charge in [-0.1, -0.05) is 0 Å². The Labute approximate surface area is 125 Å². The molecule has 0 unspecified atom stereocenters. The van der Waals surface area contributed by atoms with Crippen LogP contribution in [0.4, 0.5) is 4.79 Å². The molecule has 0 radical (unpaired) electrons. The first-order chi connectivity index (χ1) is 10.3. The quantitative estimate of drug-likeness (QED) is 0.885. The molecule has 0 fully saturated rings. The highest BCUT2D eigenvalue weighted by Gasteiger charge is 2.10. The Hall–Kier alpha value is -2.43. The Morgan fingerprint density at radius 1 is 1.05 bits per heavy atom. The highest BCUT2D eigenvalue weighted by Crippen LogP contribution is 2.01. The van der Waals surface area contributed by atoms with Crippen molar-refractivity contribution in [3.63, 3.8) is 0 Å². The predicted octanol–water partition coefficient (Wildman–Crippen LogP) is 2.25. The average Bonchev–Trinajstić information content (AvgIpc) is 2.55. The van der Waals surface area contributed by atoms with E-state index in [1.165, 1.54) is 5.56 Å². The van der Waals surface area contributed by atoms with Crippen LogP contribution >= 0.6 is 0 Å². The number of aromatic nitrogens is 2. The molecule has 5 heteroatoms. The summed E-state index contributed by atoms with van der Waals surface area (Å²) in [6.07, 6.45) is 7.83. The number of carbonyl (C=O) groups excluding carboxylic acids is 1. The van der Waals surface area contributed by atoms with E-state index in [2.05, 4.69) is 15.3 Å². The van der Waals surface area contributed by atoms with Crippen molar-refractivity contribution in [3.05, 3.63) is 60.2 Å². The largest absolute Gasteiger partial charge is 0.334 e. The maximum absolute atomic E-state index is 12.2. The molecule has 2 heterocycles. The lowest BCUT2D eigenvalue weighted by Crippen LogP contribution is -2.40. The van der Waals surface area contributed by atoms with Crippen molar-refractivity contribution >= 4 is 6.03 Å². The molecule has 0 spiro atoms. The van der Waals surface area contributed by atoms with Crippen molar-refractivity contribution in [1.82, 2.24) is 20.2 Å². The lowest BCUT2D eigenvalue weighted by atomic mass is 10.2. The van der Waals surface area contributed by atoms with Gasteiger partial charge in [-0.3, -0.25) is 9.97 Å². The van der Waals surface area contributed by atoms with Gasteiger partial charge in [0.25, 0.3) is 0 Å². The highest BCUT2D eigenvalue weighted by atomic mass is 16.2. The third-order valence-corrected chi connectivity index (χ3v) is 3.28. The molecule has 0 aromatic carbocycles. The lowest BCUT2D eigenvalue weighted by Gasteiger charge is -2.21. The molecule has 1 N–H and O–H groups in total. The number of carbonyl (C=O) groups is 1. The first-order valence-electron chi connectivity index (χ1n) is 7.10. The van der Waals surface area contributed by atoms with Gasteiger partial charge < -0.3 is 10.2 Å². The number of amides is 2. The highest BCUT2D eigenvalue weighted by molar-refractivity contribution is 5.74. The molecule has 0 aliphatic heterocycles. The van der Waals surface area contributed by atoms with Crippen LogP contribution in [0.2, 0.25) is 0 Å². The molecule has 110 valence electrons. The first-order valence-corrected chi connectivity index (χ1v) is 7.10. The van der Waals surface area contributed by atoms with Crippen molar-refractivity contribution < 1.29 is 4.79 Å². The van der Waals surface area contributed by atoms with Crippen molar-refractivity contribution in [2.45, 2.75) is 19.9 Å². The first kappa shape index (κ1) is 15.0. The molecule has 2 rings (SSSR count). The topological polar surface area (TPSA) is 58.1 Å². The molecule has 5 nitrogen and oxygen atoms in total. The van der Waals surface area contributed by atoms with Crippen LogP contribution in [-0.4, -0.2) is 34.0 Å². The van der Waals surface area contributed by atoms with Gasteiger partial charge in [0.1, 0.15) is 0 Å². The Bertz CT molecular complexity index is 545. The molecule has 0 aliphatic rings. The Morgan fingerprint density at radius 2 is 1.62 bits per heavy atom. The summed E-state index contributed by atoms with van der Waals surface area (Å²) in [5.41, 5.74) is 2.23. The van der Waals surface area contributed by atoms with Crippen LogP contribution in [0.1, 0.15) is 18.1 Å². The second-order valence-corrected chi connectivity index (χ2v) is 4.70. The third-order valence-electron chi connectivity index (χ3n) is 3.28. The van der Waals surface area contributed by atoms with Gasteiger partial charge in [-0.15, -0.1) is 0 Å². The van der Waals surface area contributed by atoms with Crippen molar-refractivity contribution in [1.29, 1.82) is 0 Å². The molecule has 2 aromatic heterocycles. The van der Waals surface area contributed by atoms with E-state index < -0.39 is 0 Å².